The number of hydrogen-bond acceptors (Lipinski definition) is 3. The van der Waals surface area contributed by atoms with E-state index in [-0.39, 0.29) is 5.75 Å². The SMILES string of the molecule is CCCc1c(OC(=O)O)ccc(CC)c1-c1ccccc1O. The largest absolute Gasteiger partial charge is 0.511 e. The Morgan fingerprint density at radius 2 is 1.86 bits per heavy atom. The number of para-hydroxylation sites is 1. The van der Waals surface area contributed by atoms with Gasteiger partial charge >= 0.3 is 6.16 Å². The van der Waals surface area contributed by atoms with Crippen LogP contribution >= 0.6 is 0 Å². The maximum Gasteiger partial charge on any atom is 0.511 e. The molecule has 0 saturated carbocycles. The molecular weight excluding hydrogens is 280 g/mol. The lowest BCUT2D eigenvalue weighted by molar-refractivity contribution is 0.144. The maximum atomic E-state index is 10.9. The monoisotopic (exact) mass is 300 g/mol. The van der Waals surface area contributed by atoms with Crippen molar-refractivity contribution >= 4 is 6.16 Å². The molecule has 4 heteroatoms. The van der Waals surface area contributed by atoms with Gasteiger partial charge in [0.05, 0.1) is 0 Å². The van der Waals surface area contributed by atoms with Crippen LogP contribution in [0.4, 0.5) is 4.79 Å². The van der Waals surface area contributed by atoms with Crippen LogP contribution in [0.15, 0.2) is 36.4 Å². The minimum absolute atomic E-state index is 0.182. The number of hydrogen-bond donors (Lipinski definition) is 2. The zero-order valence-electron chi connectivity index (χ0n) is 12.8. The Morgan fingerprint density at radius 3 is 2.45 bits per heavy atom. The molecule has 0 fully saturated rings. The quantitative estimate of drug-likeness (QED) is 0.624. The second-order valence-corrected chi connectivity index (χ2v) is 5.07. The van der Waals surface area contributed by atoms with Gasteiger partial charge in [-0.3, -0.25) is 0 Å². The second kappa shape index (κ2) is 6.98. The highest BCUT2D eigenvalue weighted by Crippen LogP contribution is 2.39. The molecule has 0 aliphatic rings. The average molecular weight is 300 g/mol. The van der Waals surface area contributed by atoms with Crippen LogP contribution in [-0.2, 0) is 12.8 Å². The Labute approximate surface area is 130 Å². The Morgan fingerprint density at radius 1 is 1.14 bits per heavy atom. The highest BCUT2D eigenvalue weighted by molar-refractivity contribution is 5.79. The topological polar surface area (TPSA) is 66.8 Å². The van der Waals surface area contributed by atoms with Crippen molar-refractivity contribution in [1.29, 1.82) is 0 Å². The highest BCUT2D eigenvalue weighted by atomic mass is 16.7. The first-order valence-electron chi connectivity index (χ1n) is 7.42. The summed E-state index contributed by atoms with van der Waals surface area (Å²) < 4.78 is 4.93. The van der Waals surface area contributed by atoms with Gasteiger partial charge in [0.15, 0.2) is 0 Å². The van der Waals surface area contributed by atoms with Crippen LogP contribution in [0.2, 0.25) is 0 Å². The van der Waals surface area contributed by atoms with Gasteiger partial charge in [0.25, 0.3) is 0 Å². The van der Waals surface area contributed by atoms with Crippen molar-refractivity contribution in [2.45, 2.75) is 33.1 Å². The van der Waals surface area contributed by atoms with Gasteiger partial charge < -0.3 is 14.9 Å². The predicted octanol–water partition coefficient (Wildman–Crippen LogP) is 4.63. The minimum atomic E-state index is -1.33. The van der Waals surface area contributed by atoms with Crippen LogP contribution in [0.25, 0.3) is 11.1 Å². The van der Waals surface area contributed by atoms with E-state index in [0.29, 0.717) is 17.7 Å². The van der Waals surface area contributed by atoms with Gasteiger partial charge in [0, 0.05) is 11.1 Å². The molecule has 0 saturated heterocycles. The fourth-order valence-corrected chi connectivity index (χ4v) is 2.68. The molecular formula is C18H20O4. The summed E-state index contributed by atoms with van der Waals surface area (Å²) in [5.41, 5.74) is 3.47. The Kier molecular flexibility index (Phi) is 5.04. The van der Waals surface area contributed by atoms with Crippen molar-refractivity contribution in [3.63, 3.8) is 0 Å². The third kappa shape index (κ3) is 3.22. The molecule has 0 atom stereocenters. The van der Waals surface area contributed by atoms with Gasteiger partial charge in [-0.05, 0) is 36.1 Å². The van der Waals surface area contributed by atoms with E-state index in [1.807, 2.05) is 32.0 Å². The number of carboxylic acid groups (broad SMARTS) is 1. The highest BCUT2D eigenvalue weighted by Gasteiger charge is 2.18. The summed E-state index contributed by atoms with van der Waals surface area (Å²) in [5, 5.41) is 19.1. The number of phenolic OH excluding ortho intramolecular Hbond substituents is 1. The second-order valence-electron chi connectivity index (χ2n) is 5.07. The third-order valence-electron chi connectivity index (χ3n) is 3.61. The molecule has 116 valence electrons. The molecule has 0 bridgehead atoms. The van der Waals surface area contributed by atoms with Crippen molar-refractivity contribution in [2.75, 3.05) is 0 Å². The summed E-state index contributed by atoms with van der Waals surface area (Å²) in [7, 11) is 0. The molecule has 4 nitrogen and oxygen atoms in total. The molecule has 0 aromatic heterocycles. The predicted molar refractivity (Wildman–Crippen MR) is 85.6 cm³/mol. The number of aromatic hydroxyl groups is 1. The van der Waals surface area contributed by atoms with Crippen LogP contribution in [0, 0.1) is 0 Å². The standard InChI is InChI=1S/C18H20O4/c1-3-7-14-16(22-18(20)21)11-10-12(4-2)17(14)13-8-5-6-9-15(13)19/h5-6,8-11,19H,3-4,7H2,1-2H3,(H,20,21). The maximum absolute atomic E-state index is 10.9. The number of aryl methyl sites for hydroxylation is 1. The van der Waals surface area contributed by atoms with E-state index in [4.69, 9.17) is 9.84 Å². The minimum Gasteiger partial charge on any atom is -0.507 e. The summed E-state index contributed by atoms with van der Waals surface area (Å²) >= 11 is 0. The molecule has 0 unspecified atom stereocenters. The van der Waals surface area contributed by atoms with Crippen molar-refractivity contribution in [3.8, 4) is 22.6 Å². The van der Waals surface area contributed by atoms with E-state index in [1.54, 1.807) is 18.2 Å². The lowest BCUT2D eigenvalue weighted by atomic mass is 9.90. The molecule has 0 amide bonds. The molecule has 2 N–H and O–H groups in total. The first-order chi connectivity index (χ1) is 10.6. The third-order valence-corrected chi connectivity index (χ3v) is 3.61. The summed E-state index contributed by atoms with van der Waals surface area (Å²) in [6.45, 7) is 4.06. The lowest BCUT2D eigenvalue weighted by Gasteiger charge is -2.18. The average Bonchev–Trinajstić information content (AvgIpc) is 2.49. The zero-order chi connectivity index (χ0) is 16.1. The summed E-state index contributed by atoms with van der Waals surface area (Å²) in [4.78, 5) is 10.9. The number of rotatable bonds is 5. The van der Waals surface area contributed by atoms with Crippen molar-refractivity contribution in [1.82, 2.24) is 0 Å². The number of ether oxygens (including phenoxy) is 1. The Hall–Kier alpha value is -2.49. The molecule has 2 rings (SSSR count). The molecule has 22 heavy (non-hydrogen) atoms. The van der Waals surface area contributed by atoms with Crippen molar-refractivity contribution < 1.29 is 19.7 Å². The smallest absolute Gasteiger partial charge is 0.507 e. The van der Waals surface area contributed by atoms with Gasteiger partial charge in [-0.25, -0.2) is 4.79 Å². The van der Waals surface area contributed by atoms with E-state index in [9.17, 15) is 9.90 Å². The fourth-order valence-electron chi connectivity index (χ4n) is 2.68. The van der Waals surface area contributed by atoms with Crippen LogP contribution < -0.4 is 4.74 Å². The molecule has 0 heterocycles. The zero-order valence-corrected chi connectivity index (χ0v) is 12.8. The van der Waals surface area contributed by atoms with E-state index >= 15 is 0 Å². The van der Waals surface area contributed by atoms with Crippen LogP contribution in [0.1, 0.15) is 31.4 Å². The van der Waals surface area contributed by atoms with Gasteiger partial charge in [-0.2, -0.15) is 0 Å². The number of carbonyl (C=O) groups is 1. The van der Waals surface area contributed by atoms with Gasteiger partial charge in [0.1, 0.15) is 11.5 Å². The van der Waals surface area contributed by atoms with E-state index in [0.717, 1.165) is 29.5 Å². The van der Waals surface area contributed by atoms with Crippen molar-refractivity contribution in [2.24, 2.45) is 0 Å². The first kappa shape index (κ1) is 15.9. The summed E-state index contributed by atoms with van der Waals surface area (Å²) in [6, 6.07) is 10.7. The summed E-state index contributed by atoms with van der Waals surface area (Å²) in [5.74, 6) is 0.520. The normalized spacial score (nSPS) is 10.5. The van der Waals surface area contributed by atoms with Gasteiger partial charge in [-0.1, -0.05) is 44.5 Å². The molecule has 2 aromatic carbocycles. The Balaban J connectivity index is 2.72. The fraction of sp³-hybridized carbons (Fsp3) is 0.278. The van der Waals surface area contributed by atoms with Crippen LogP contribution in [0.3, 0.4) is 0 Å². The van der Waals surface area contributed by atoms with Crippen molar-refractivity contribution in [3.05, 3.63) is 47.5 Å². The van der Waals surface area contributed by atoms with Gasteiger partial charge in [-0.15, -0.1) is 0 Å². The number of benzene rings is 2. The van der Waals surface area contributed by atoms with Gasteiger partial charge in [0.2, 0.25) is 0 Å². The molecule has 0 aliphatic carbocycles. The number of phenols is 1. The van der Waals surface area contributed by atoms with Crippen LogP contribution in [0.5, 0.6) is 11.5 Å². The van der Waals surface area contributed by atoms with Crippen LogP contribution in [-0.4, -0.2) is 16.4 Å². The lowest BCUT2D eigenvalue weighted by Crippen LogP contribution is -2.07. The van der Waals surface area contributed by atoms with E-state index in [1.165, 1.54) is 0 Å². The Bertz CT molecular complexity index is 677. The van der Waals surface area contributed by atoms with E-state index in [2.05, 4.69) is 0 Å². The van der Waals surface area contributed by atoms with E-state index < -0.39 is 6.16 Å². The molecule has 0 aliphatic heterocycles. The first-order valence-corrected chi connectivity index (χ1v) is 7.42. The summed E-state index contributed by atoms with van der Waals surface area (Å²) in [6.07, 6.45) is 0.988. The molecule has 2 aromatic rings. The molecule has 0 spiro atoms. The molecule has 0 radical (unpaired) electrons.